The zero-order valence-corrected chi connectivity index (χ0v) is 11.9. The standard InChI is InChI=1S/C14H16INO/c1-3-9-16(10-4-2)14(17)11-12-7-5-6-8-13(12)15/h3-8H,1-2,9-11H2. The molecular formula is C14H16INO. The molecule has 0 aliphatic carbocycles. The maximum Gasteiger partial charge on any atom is 0.227 e. The maximum atomic E-state index is 12.1. The number of hydrogen-bond acceptors (Lipinski definition) is 1. The summed E-state index contributed by atoms with van der Waals surface area (Å²) in [4.78, 5) is 13.8. The van der Waals surface area contributed by atoms with Crippen molar-refractivity contribution in [2.75, 3.05) is 13.1 Å². The van der Waals surface area contributed by atoms with Crippen LogP contribution >= 0.6 is 22.6 Å². The van der Waals surface area contributed by atoms with E-state index in [1.165, 1.54) is 0 Å². The molecule has 0 spiro atoms. The van der Waals surface area contributed by atoms with E-state index in [1.807, 2.05) is 24.3 Å². The molecule has 0 aliphatic heterocycles. The van der Waals surface area contributed by atoms with Gasteiger partial charge in [-0.05, 0) is 34.2 Å². The highest BCUT2D eigenvalue weighted by atomic mass is 127. The molecule has 0 heterocycles. The minimum atomic E-state index is 0.105. The topological polar surface area (TPSA) is 20.3 Å². The molecule has 1 aromatic rings. The van der Waals surface area contributed by atoms with E-state index >= 15 is 0 Å². The normalized spacial score (nSPS) is 9.71. The van der Waals surface area contributed by atoms with Crippen molar-refractivity contribution in [2.24, 2.45) is 0 Å². The zero-order valence-electron chi connectivity index (χ0n) is 9.73. The van der Waals surface area contributed by atoms with E-state index in [-0.39, 0.29) is 5.91 Å². The van der Waals surface area contributed by atoms with Crippen LogP contribution in [0, 0.1) is 3.57 Å². The van der Waals surface area contributed by atoms with Gasteiger partial charge in [0.25, 0.3) is 0 Å². The Bertz CT molecular complexity index is 404. The lowest BCUT2D eigenvalue weighted by atomic mass is 10.1. The molecule has 0 aliphatic rings. The third-order valence-corrected chi connectivity index (χ3v) is 3.40. The van der Waals surface area contributed by atoms with Gasteiger partial charge in [0, 0.05) is 16.7 Å². The SMILES string of the molecule is C=CCN(CC=C)C(=O)Cc1ccccc1I. The lowest BCUT2D eigenvalue weighted by Gasteiger charge is -2.19. The Hall–Kier alpha value is -1.10. The van der Waals surface area contributed by atoms with Crippen molar-refractivity contribution in [2.45, 2.75) is 6.42 Å². The lowest BCUT2D eigenvalue weighted by Crippen LogP contribution is -2.32. The van der Waals surface area contributed by atoms with Gasteiger partial charge in [-0.2, -0.15) is 0 Å². The van der Waals surface area contributed by atoms with Crippen molar-refractivity contribution in [3.8, 4) is 0 Å². The molecule has 0 fully saturated rings. The molecule has 3 heteroatoms. The number of benzene rings is 1. The van der Waals surface area contributed by atoms with E-state index in [9.17, 15) is 4.79 Å². The average molecular weight is 341 g/mol. The van der Waals surface area contributed by atoms with Crippen LogP contribution in [0.5, 0.6) is 0 Å². The van der Waals surface area contributed by atoms with Crippen LogP contribution in [0.25, 0.3) is 0 Å². The average Bonchev–Trinajstić information content (AvgIpc) is 2.32. The van der Waals surface area contributed by atoms with Gasteiger partial charge in [0.05, 0.1) is 6.42 Å². The summed E-state index contributed by atoms with van der Waals surface area (Å²) in [6.07, 6.45) is 3.90. The van der Waals surface area contributed by atoms with Gasteiger partial charge in [0.15, 0.2) is 0 Å². The van der Waals surface area contributed by atoms with Crippen molar-refractivity contribution in [1.29, 1.82) is 0 Å². The summed E-state index contributed by atoms with van der Waals surface area (Å²) in [5, 5.41) is 0. The molecule has 0 saturated heterocycles. The second kappa shape index (κ2) is 7.27. The summed E-state index contributed by atoms with van der Waals surface area (Å²) in [5.74, 6) is 0.105. The second-order valence-corrected chi connectivity index (χ2v) is 4.81. The first-order valence-electron chi connectivity index (χ1n) is 5.42. The highest BCUT2D eigenvalue weighted by molar-refractivity contribution is 14.1. The van der Waals surface area contributed by atoms with E-state index in [2.05, 4.69) is 35.7 Å². The van der Waals surface area contributed by atoms with Crippen molar-refractivity contribution >= 4 is 28.5 Å². The molecule has 0 unspecified atom stereocenters. The lowest BCUT2D eigenvalue weighted by molar-refractivity contribution is -0.129. The van der Waals surface area contributed by atoms with Gasteiger partial charge in [-0.3, -0.25) is 4.79 Å². The Morgan fingerprint density at radius 2 is 1.82 bits per heavy atom. The molecule has 1 amide bonds. The summed E-state index contributed by atoms with van der Waals surface area (Å²) in [6.45, 7) is 8.45. The quantitative estimate of drug-likeness (QED) is 0.575. The molecule has 0 aromatic heterocycles. The molecule has 2 nitrogen and oxygen atoms in total. The first-order chi connectivity index (χ1) is 8.19. The highest BCUT2D eigenvalue weighted by Gasteiger charge is 2.12. The summed E-state index contributed by atoms with van der Waals surface area (Å²) in [6, 6.07) is 7.92. The van der Waals surface area contributed by atoms with Gasteiger partial charge < -0.3 is 4.90 Å². The molecule has 1 aromatic carbocycles. The van der Waals surface area contributed by atoms with Crippen molar-refractivity contribution in [3.63, 3.8) is 0 Å². The van der Waals surface area contributed by atoms with Crippen LogP contribution in [0.2, 0.25) is 0 Å². The molecule has 0 saturated carbocycles. The molecule has 0 N–H and O–H groups in total. The zero-order chi connectivity index (χ0) is 12.7. The largest absolute Gasteiger partial charge is 0.335 e. The third-order valence-electron chi connectivity index (χ3n) is 2.35. The van der Waals surface area contributed by atoms with Gasteiger partial charge in [-0.15, -0.1) is 13.2 Å². The van der Waals surface area contributed by atoms with Crippen LogP contribution in [0.3, 0.4) is 0 Å². The monoisotopic (exact) mass is 341 g/mol. The molecule has 0 radical (unpaired) electrons. The Labute approximate surface area is 116 Å². The highest BCUT2D eigenvalue weighted by Crippen LogP contribution is 2.13. The minimum absolute atomic E-state index is 0.105. The number of carbonyl (C=O) groups excluding carboxylic acids is 1. The molecule has 17 heavy (non-hydrogen) atoms. The number of hydrogen-bond donors (Lipinski definition) is 0. The van der Waals surface area contributed by atoms with Gasteiger partial charge in [0.1, 0.15) is 0 Å². The van der Waals surface area contributed by atoms with E-state index < -0.39 is 0 Å². The van der Waals surface area contributed by atoms with Crippen LogP contribution in [-0.2, 0) is 11.2 Å². The van der Waals surface area contributed by atoms with E-state index in [0.29, 0.717) is 19.5 Å². The van der Waals surface area contributed by atoms with Crippen LogP contribution in [-0.4, -0.2) is 23.9 Å². The van der Waals surface area contributed by atoms with Gasteiger partial charge in [-0.25, -0.2) is 0 Å². The van der Waals surface area contributed by atoms with Crippen LogP contribution in [0.15, 0.2) is 49.6 Å². The fraction of sp³-hybridized carbons (Fsp3) is 0.214. The number of nitrogens with zero attached hydrogens (tertiary/aromatic N) is 1. The molecule has 1 rings (SSSR count). The molecule has 90 valence electrons. The predicted molar refractivity (Wildman–Crippen MR) is 79.8 cm³/mol. The van der Waals surface area contributed by atoms with E-state index in [1.54, 1.807) is 17.1 Å². The summed E-state index contributed by atoms with van der Waals surface area (Å²) in [7, 11) is 0. The number of amides is 1. The maximum absolute atomic E-state index is 12.1. The minimum Gasteiger partial charge on any atom is -0.335 e. The number of halogens is 1. The summed E-state index contributed by atoms with van der Waals surface area (Å²) >= 11 is 2.25. The van der Waals surface area contributed by atoms with Gasteiger partial charge >= 0.3 is 0 Å². The van der Waals surface area contributed by atoms with Crippen molar-refractivity contribution < 1.29 is 4.79 Å². The van der Waals surface area contributed by atoms with E-state index in [0.717, 1.165) is 9.13 Å². The van der Waals surface area contributed by atoms with Crippen molar-refractivity contribution in [3.05, 3.63) is 58.7 Å². The van der Waals surface area contributed by atoms with Gasteiger partial charge in [-0.1, -0.05) is 30.4 Å². The predicted octanol–water partition coefficient (Wildman–Crippen LogP) is 3.03. The summed E-state index contributed by atoms with van der Waals surface area (Å²) in [5.41, 5.74) is 1.07. The fourth-order valence-corrected chi connectivity index (χ4v) is 2.08. The Morgan fingerprint density at radius 3 is 2.35 bits per heavy atom. The first-order valence-corrected chi connectivity index (χ1v) is 6.50. The Morgan fingerprint density at radius 1 is 1.24 bits per heavy atom. The first kappa shape index (κ1) is 14.0. The Kier molecular flexibility index (Phi) is 5.97. The van der Waals surface area contributed by atoms with Crippen LogP contribution < -0.4 is 0 Å². The summed E-state index contributed by atoms with van der Waals surface area (Å²) < 4.78 is 1.12. The Balaban J connectivity index is 2.72. The number of rotatable bonds is 6. The molecular weight excluding hydrogens is 325 g/mol. The number of carbonyl (C=O) groups is 1. The molecule has 0 bridgehead atoms. The fourth-order valence-electron chi connectivity index (χ4n) is 1.51. The van der Waals surface area contributed by atoms with Gasteiger partial charge in [0.2, 0.25) is 5.91 Å². The van der Waals surface area contributed by atoms with Crippen LogP contribution in [0.1, 0.15) is 5.56 Å². The third kappa shape index (κ3) is 4.34. The van der Waals surface area contributed by atoms with E-state index in [4.69, 9.17) is 0 Å². The second-order valence-electron chi connectivity index (χ2n) is 3.64. The molecule has 0 atom stereocenters. The van der Waals surface area contributed by atoms with Crippen molar-refractivity contribution in [1.82, 2.24) is 4.90 Å². The van der Waals surface area contributed by atoms with Crippen LogP contribution in [0.4, 0.5) is 0 Å². The smallest absolute Gasteiger partial charge is 0.227 e.